The zero-order valence-corrected chi connectivity index (χ0v) is 14.1. The standard InChI is InChI=1S/C18H22N4O2/c1-3-14-11-19-9-8-16(14)18(23)24-12-15-5-4-10-22(15)17-7-6-13(2)20-21-17/h6-9,11,15H,3-5,10,12H2,1-2H3. The first kappa shape index (κ1) is 16.4. The van der Waals surface area contributed by atoms with E-state index in [1.54, 1.807) is 18.5 Å². The number of rotatable bonds is 5. The third kappa shape index (κ3) is 3.53. The lowest BCUT2D eigenvalue weighted by Crippen LogP contribution is -2.34. The maximum absolute atomic E-state index is 12.4. The Kier molecular flexibility index (Phi) is 5.03. The molecule has 6 nitrogen and oxygen atoms in total. The molecular weight excluding hydrogens is 304 g/mol. The summed E-state index contributed by atoms with van der Waals surface area (Å²) in [7, 11) is 0. The fourth-order valence-electron chi connectivity index (χ4n) is 3.01. The second kappa shape index (κ2) is 7.38. The van der Waals surface area contributed by atoms with Crippen LogP contribution in [0.4, 0.5) is 5.82 Å². The average Bonchev–Trinajstić information content (AvgIpc) is 3.08. The molecule has 3 heterocycles. The number of anilines is 1. The van der Waals surface area contributed by atoms with E-state index in [2.05, 4.69) is 20.1 Å². The number of hydrogen-bond donors (Lipinski definition) is 0. The van der Waals surface area contributed by atoms with Crippen LogP contribution in [0.3, 0.4) is 0 Å². The van der Waals surface area contributed by atoms with Crippen molar-refractivity contribution in [3.8, 4) is 0 Å². The van der Waals surface area contributed by atoms with E-state index in [1.807, 2.05) is 26.0 Å². The Hall–Kier alpha value is -2.50. The van der Waals surface area contributed by atoms with Crippen molar-refractivity contribution in [3.63, 3.8) is 0 Å². The second-order valence-electron chi connectivity index (χ2n) is 6.01. The SMILES string of the molecule is CCc1cnccc1C(=O)OCC1CCCN1c1ccc(C)nn1. The van der Waals surface area contributed by atoms with Crippen LogP contribution in [-0.4, -0.2) is 40.3 Å². The normalized spacial score (nSPS) is 17.1. The van der Waals surface area contributed by atoms with E-state index in [0.717, 1.165) is 42.9 Å². The minimum Gasteiger partial charge on any atom is -0.460 e. The van der Waals surface area contributed by atoms with E-state index in [9.17, 15) is 4.79 Å². The summed E-state index contributed by atoms with van der Waals surface area (Å²) in [6.07, 6.45) is 6.15. The summed E-state index contributed by atoms with van der Waals surface area (Å²) >= 11 is 0. The lowest BCUT2D eigenvalue weighted by Gasteiger charge is -2.25. The van der Waals surface area contributed by atoms with Gasteiger partial charge in [0.2, 0.25) is 0 Å². The Balaban J connectivity index is 1.65. The first-order valence-electron chi connectivity index (χ1n) is 8.36. The van der Waals surface area contributed by atoms with Crippen molar-refractivity contribution in [1.82, 2.24) is 15.2 Å². The van der Waals surface area contributed by atoms with Gasteiger partial charge in [0.05, 0.1) is 17.3 Å². The Bertz CT molecular complexity index is 702. The van der Waals surface area contributed by atoms with E-state index in [4.69, 9.17) is 4.74 Å². The molecular formula is C18H22N4O2. The average molecular weight is 326 g/mol. The van der Waals surface area contributed by atoms with Crippen molar-refractivity contribution in [1.29, 1.82) is 0 Å². The molecule has 0 N–H and O–H groups in total. The highest BCUT2D eigenvalue weighted by atomic mass is 16.5. The highest BCUT2D eigenvalue weighted by Crippen LogP contribution is 2.24. The topological polar surface area (TPSA) is 68.2 Å². The lowest BCUT2D eigenvalue weighted by molar-refractivity contribution is 0.0481. The molecule has 2 aromatic rings. The number of hydrogen-bond acceptors (Lipinski definition) is 6. The van der Waals surface area contributed by atoms with Gasteiger partial charge in [-0.25, -0.2) is 4.79 Å². The molecule has 6 heteroatoms. The number of nitrogens with zero attached hydrogens (tertiary/aromatic N) is 4. The summed E-state index contributed by atoms with van der Waals surface area (Å²) in [6, 6.07) is 5.80. The second-order valence-corrected chi connectivity index (χ2v) is 6.01. The Labute approximate surface area is 141 Å². The number of pyridine rings is 1. The van der Waals surface area contributed by atoms with Crippen LogP contribution in [0, 0.1) is 6.92 Å². The predicted molar refractivity (Wildman–Crippen MR) is 91.0 cm³/mol. The minimum absolute atomic E-state index is 0.151. The Morgan fingerprint density at radius 3 is 2.96 bits per heavy atom. The molecule has 1 saturated heterocycles. The summed E-state index contributed by atoms with van der Waals surface area (Å²) in [4.78, 5) is 18.6. The first-order valence-corrected chi connectivity index (χ1v) is 8.36. The fourth-order valence-corrected chi connectivity index (χ4v) is 3.01. The van der Waals surface area contributed by atoms with Crippen molar-refractivity contribution in [2.24, 2.45) is 0 Å². The van der Waals surface area contributed by atoms with Gasteiger partial charge in [-0.3, -0.25) is 4.98 Å². The van der Waals surface area contributed by atoms with E-state index < -0.39 is 0 Å². The zero-order valence-electron chi connectivity index (χ0n) is 14.1. The van der Waals surface area contributed by atoms with Crippen LogP contribution in [0.15, 0.2) is 30.6 Å². The molecule has 0 aromatic carbocycles. The fraction of sp³-hybridized carbons (Fsp3) is 0.444. The van der Waals surface area contributed by atoms with Crippen molar-refractivity contribution in [2.75, 3.05) is 18.1 Å². The third-order valence-electron chi connectivity index (χ3n) is 4.37. The van der Waals surface area contributed by atoms with Gasteiger partial charge in [-0.05, 0) is 49.9 Å². The summed E-state index contributed by atoms with van der Waals surface area (Å²) < 4.78 is 5.57. The summed E-state index contributed by atoms with van der Waals surface area (Å²) in [5, 5.41) is 8.37. The molecule has 1 aliphatic heterocycles. The lowest BCUT2D eigenvalue weighted by atomic mass is 10.1. The van der Waals surface area contributed by atoms with Crippen LogP contribution in [0.1, 0.15) is 41.4 Å². The van der Waals surface area contributed by atoms with Gasteiger partial charge >= 0.3 is 5.97 Å². The number of carbonyl (C=O) groups is 1. The molecule has 0 radical (unpaired) electrons. The maximum atomic E-state index is 12.4. The zero-order chi connectivity index (χ0) is 16.9. The van der Waals surface area contributed by atoms with Crippen LogP contribution in [0.25, 0.3) is 0 Å². The number of aromatic nitrogens is 3. The number of carbonyl (C=O) groups excluding carboxylic acids is 1. The molecule has 1 fully saturated rings. The molecule has 0 saturated carbocycles. The molecule has 1 aliphatic rings. The van der Waals surface area contributed by atoms with E-state index in [0.29, 0.717) is 12.2 Å². The van der Waals surface area contributed by atoms with Gasteiger partial charge < -0.3 is 9.64 Å². The molecule has 1 atom stereocenters. The van der Waals surface area contributed by atoms with Crippen LogP contribution >= 0.6 is 0 Å². The van der Waals surface area contributed by atoms with Gasteiger partial charge in [0.15, 0.2) is 5.82 Å². The summed E-state index contributed by atoms with van der Waals surface area (Å²) in [5.74, 6) is 0.563. The number of esters is 1. The van der Waals surface area contributed by atoms with E-state index in [1.165, 1.54) is 0 Å². The molecule has 0 aliphatic carbocycles. The largest absolute Gasteiger partial charge is 0.460 e. The number of aryl methyl sites for hydroxylation is 2. The van der Waals surface area contributed by atoms with Crippen LogP contribution < -0.4 is 4.90 Å². The molecule has 126 valence electrons. The van der Waals surface area contributed by atoms with Crippen molar-refractivity contribution >= 4 is 11.8 Å². The summed E-state index contributed by atoms with van der Waals surface area (Å²) in [6.45, 7) is 5.19. The molecule has 0 bridgehead atoms. The summed E-state index contributed by atoms with van der Waals surface area (Å²) in [5.41, 5.74) is 2.41. The Morgan fingerprint density at radius 2 is 2.21 bits per heavy atom. The van der Waals surface area contributed by atoms with Crippen molar-refractivity contribution < 1.29 is 9.53 Å². The van der Waals surface area contributed by atoms with Gasteiger partial charge in [0.1, 0.15) is 6.61 Å². The van der Waals surface area contributed by atoms with Crippen LogP contribution in [0.2, 0.25) is 0 Å². The highest BCUT2D eigenvalue weighted by molar-refractivity contribution is 5.90. The van der Waals surface area contributed by atoms with E-state index >= 15 is 0 Å². The maximum Gasteiger partial charge on any atom is 0.338 e. The monoisotopic (exact) mass is 326 g/mol. The van der Waals surface area contributed by atoms with Crippen molar-refractivity contribution in [2.45, 2.75) is 39.2 Å². The van der Waals surface area contributed by atoms with E-state index in [-0.39, 0.29) is 12.0 Å². The highest BCUT2D eigenvalue weighted by Gasteiger charge is 2.27. The molecule has 3 rings (SSSR count). The quantitative estimate of drug-likeness (QED) is 0.787. The number of ether oxygens (including phenoxy) is 1. The predicted octanol–water partition coefficient (Wildman–Crippen LogP) is 2.57. The van der Waals surface area contributed by atoms with Gasteiger partial charge in [-0.15, -0.1) is 5.10 Å². The molecule has 1 unspecified atom stereocenters. The van der Waals surface area contributed by atoms with Gasteiger partial charge in [-0.1, -0.05) is 6.92 Å². The van der Waals surface area contributed by atoms with Crippen LogP contribution in [-0.2, 0) is 11.2 Å². The van der Waals surface area contributed by atoms with Crippen LogP contribution in [0.5, 0.6) is 0 Å². The van der Waals surface area contributed by atoms with Gasteiger partial charge in [-0.2, -0.15) is 5.10 Å². The third-order valence-corrected chi connectivity index (χ3v) is 4.37. The smallest absolute Gasteiger partial charge is 0.338 e. The minimum atomic E-state index is -0.281. The Morgan fingerprint density at radius 1 is 1.33 bits per heavy atom. The molecule has 0 spiro atoms. The van der Waals surface area contributed by atoms with Gasteiger partial charge in [0.25, 0.3) is 0 Å². The first-order chi connectivity index (χ1) is 11.7. The van der Waals surface area contributed by atoms with Gasteiger partial charge in [0, 0.05) is 18.9 Å². The molecule has 24 heavy (non-hydrogen) atoms. The molecule has 0 amide bonds. The van der Waals surface area contributed by atoms with Crippen molar-refractivity contribution in [3.05, 3.63) is 47.4 Å². The molecule has 2 aromatic heterocycles.